The quantitative estimate of drug-likeness (QED) is 0.859. The predicted octanol–water partition coefficient (Wildman–Crippen LogP) is 1.12. The van der Waals surface area contributed by atoms with Crippen LogP contribution in [-0.4, -0.2) is 39.1 Å². The summed E-state index contributed by atoms with van der Waals surface area (Å²) < 4.78 is 0. The first-order valence-electron chi connectivity index (χ1n) is 6.72. The molecule has 1 aliphatic rings. The summed E-state index contributed by atoms with van der Waals surface area (Å²) in [5.41, 5.74) is 0.920. The molecule has 104 valence electrons. The lowest BCUT2D eigenvalue weighted by Gasteiger charge is -2.32. The van der Waals surface area contributed by atoms with E-state index in [0.717, 1.165) is 18.5 Å². The molecule has 0 radical (unpaired) electrons. The van der Waals surface area contributed by atoms with E-state index < -0.39 is 0 Å². The highest BCUT2D eigenvalue weighted by Crippen LogP contribution is 2.25. The van der Waals surface area contributed by atoms with Crippen LogP contribution in [0.5, 0.6) is 0 Å². The van der Waals surface area contributed by atoms with Crippen molar-refractivity contribution >= 4 is 5.91 Å². The van der Waals surface area contributed by atoms with Gasteiger partial charge in [-0.2, -0.15) is 5.10 Å². The first-order valence-corrected chi connectivity index (χ1v) is 6.72. The lowest BCUT2D eigenvalue weighted by atomic mass is 9.94. The molecular weight excluding hydrogens is 256 g/mol. The van der Waals surface area contributed by atoms with E-state index in [9.17, 15) is 9.59 Å². The molecule has 1 aliphatic heterocycles. The first kappa shape index (κ1) is 12.7. The monoisotopic (exact) mass is 272 g/mol. The topological polar surface area (TPSA) is 81.8 Å². The first-order chi connectivity index (χ1) is 9.75. The number of H-pyrrole nitrogens is 2. The molecule has 3 heterocycles. The van der Waals surface area contributed by atoms with Crippen molar-refractivity contribution < 1.29 is 4.79 Å². The van der Waals surface area contributed by atoms with E-state index in [1.165, 1.54) is 6.20 Å². The number of carbonyl (C=O) groups excluding carboxylic acids is 1. The van der Waals surface area contributed by atoms with Gasteiger partial charge in [0.15, 0.2) is 0 Å². The molecule has 0 spiro atoms. The molecule has 0 aromatic carbocycles. The number of aromatic nitrogens is 3. The molecule has 0 aliphatic carbocycles. The van der Waals surface area contributed by atoms with Gasteiger partial charge < -0.3 is 9.88 Å². The highest BCUT2D eigenvalue weighted by atomic mass is 16.2. The Bertz CT molecular complexity index is 647. The minimum absolute atomic E-state index is 0.198. The van der Waals surface area contributed by atoms with Gasteiger partial charge in [-0.3, -0.25) is 14.7 Å². The number of aromatic amines is 2. The number of hydrogen-bond acceptors (Lipinski definition) is 3. The van der Waals surface area contributed by atoms with Crippen molar-refractivity contribution in [3.63, 3.8) is 0 Å². The highest BCUT2D eigenvalue weighted by Gasteiger charge is 2.27. The van der Waals surface area contributed by atoms with Crippen LogP contribution in [0.3, 0.4) is 0 Å². The van der Waals surface area contributed by atoms with Gasteiger partial charge in [0.1, 0.15) is 5.56 Å². The van der Waals surface area contributed by atoms with Gasteiger partial charge >= 0.3 is 0 Å². The molecule has 6 heteroatoms. The molecule has 2 aromatic heterocycles. The van der Waals surface area contributed by atoms with Crippen LogP contribution in [0.15, 0.2) is 35.4 Å². The number of piperidine rings is 1. The van der Waals surface area contributed by atoms with Gasteiger partial charge in [0.05, 0.1) is 0 Å². The van der Waals surface area contributed by atoms with Crippen molar-refractivity contribution in [1.82, 2.24) is 20.1 Å². The van der Waals surface area contributed by atoms with E-state index in [1.54, 1.807) is 23.2 Å². The molecule has 1 amide bonds. The molecule has 3 rings (SSSR count). The Hall–Kier alpha value is -2.37. The summed E-state index contributed by atoms with van der Waals surface area (Å²) in [6, 6.07) is 5.18. The summed E-state index contributed by atoms with van der Waals surface area (Å²) in [7, 11) is 0. The van der Waals surface area contributed by atoms with E-state index in [2.05, 4.69) is 15.2 Å². The van der Waals surface area contributed by atoms with E-state index >= 15 is 0 Å². The number of rotatable bonds is 2. The van der Waals surface area contributed by atoms with E-state index in [1.807, 2.05) is 6.07 Å². The molecule has 6 nitrogen and oxygen atoms in total. The average Bonchev–Trinajstić information content (AvgIpc) is 3.01. The molecule has 1 fully saturated rings. The number of nitrogens with zero attached hydrogens (tertiary/aromatic N) is 2. The highest BCUT2D eigenvalue weighted by molar-refractivity contribution is 5.93. The van der Waals surface area contributed by atoms with Crippen molar-refractivity contribution in [1.29, 1.82) is 0 Å². The minimum atomic E-state index is -0.332. The summed E-state index contributed by atoms with van der Waals surface area (Å²) >= 11 is 0. The number of amides is 1. The molecule has 0 saturated carbocycles. The smallest absolute Gasteiger partial charge is 0.260 e. The van der Waals surface area contributed by atoms with Gasteiger partial charge in [0.2, 0.25) is 0 Å². The molecule has 2 aromatic rings. The van der Waals surface area contributed by atoms with E-state index in [4.69, 9.17) is 0 Å². The Kier molecular flexibility index (Phi) is 3.37. The zero-order valence-electron chi connectivity index (χ0n) is 11.0. The molecule has 0 bridgehead atoms. The number of pyridine rings is 1. The lowest BCUT2D eigenvalue weighted by Crippen LogP contribution is -2.41. The van der Waals surface area contributed by atoms with Crippen molar-refractivity contribution in [3.8, 4) is 0 Å². The molecular formula is C14H16N4O2. The van der Waals surface area contributed by atoms with Crippen LogP contribution in [0.4, 0.5) is 0 Å². The Balaban J connectivity index is 1.79. The van der Waals surface area contributed by atoms with Crippen LogP contribution >= 0.6 is 0 Å². The fraction of sp³-hybridized carbons (Fsp3) is 0.357. The Morgan fingerprint density at radius 3 is 3.05 bits per heavy atom. The second-order valence-electron chi connectivity index (χ2n) is 5.02. The summed E-state index contributed by atoms with van der Waals surface area (Å²) in [5.74, 6) is 0.0639. The summed E-state index contributed by atoms with van der Waals surface area (Å²) in [6.45, 7) is 1.31. The second kappa shape index (κ2) is 5.32. The van der Waals surface area contributed by atoms with Gasteiger partial charge in [-0.25, -0.2) is 0 Å². The van der Waals surface area contributed by atoms with Crippen LogP contribution in [0.25, 0.3) is 0 Å². The van der Waals surface area contributed by atoms with Crippen LogP contribution in [0, 0.1) is 0 Å². The van der Waals surface area contributed by atoms with Gasteiger partial charge in [-0.05, 0) is 31.0 Å². The Morgan fingerprint density at radius 1 is 1.40 bits per heavy atom. The maximum atomic E-state index is 12.4. The molecule has 1 saturated heterocycles. The normalized spacial score (nSPS) is 19.0. The summed E-state index contributed by atoms with van der Waals surface area (Å²) in [5, 5.41) is 6.92. The van der Waals surface area contributed by atoms with Gasteiger partial charge in [0.25, 0.3) is 11.5 Å². The Labute approximate surface area is 115 Å². The summed E-state index contributed by atoms with van der Waals surface area (Å²) in [6.07, 6.45) is 5.21. The fourth-order valence-electron chi connectivity index (χ4n) is 2.67. The van der Waals surface area contributed by atoms with E-state index in [0.29, 0.717) is 13.1 Å². The third kappa shape index (κ3) is 2.36. The third-order valence-electron chi connectivity index (χ3n) is 3.72. The number of likely N-dealkylation sites (tertiary alicyclic amines) is 1. The number of carbonyl (C=O) groups is 1. The molecule has 20 heavy (non-hydrogen) atoms. The molecule has 1 atom stereocenters. The van der Waals surface area contributed by atoms with Crippen LogP contribution in [0.1, 0.15) is 34.8 Å². The lowest BCUT2D eigenvalue weighted by molar-refractivity contribution is 0.0704. The number of hydrogen-bond donors (Lipinski definition) is 2. The molecule has 2 N–H and O–H groups in total. The van der Waals surface area contributed by atoms with Gasteiger partial charge in [0, 0.05) is 37.1 Å². The zero-order chi connectivity index (χ0) is 13.9. The van der Waals surface area contributed by atoms with Crippen molar-refractivity contribution in [3.05, 3.63) is 52.2 Å². The Morgan fingerprint density at radius 2 is 2.30 bits per heavy atom. The molecule has 1 unspecified atom stereocenters. The van der Waals surface area contributed by atoms with Crippen molar-refractivity contribution in [2.75, 3.05) is 13.1 Å². The number of nitrogens with one attached hydrogen (secondary N) is 2. The zero-order valence-corrected chi connectivity index (χ0v) is 11.0. The van der Waals surface area contributed by atoms with E-state index in [-0.39, 0.29) is 22.9 Å². The fourth-order valence-corrected chi connectivity index (χ4v) is 2.67. The van der Waals surface area contributed by atoms with Crippen LogP contribution < -0.4 is 5.56 Å². The SMILES string of the molecule is O=C(c1ccc[nH]c1=O)N1CCCC(c2ccn[nH]2)C1. The van der Waals surface area contributed by atoms with Gasteiger partial charge in [-0.1, -0.05) is 0 Å². The summed E-state index contributed by atoms with van der Waals surface area (Å²) in [4.78, 5) is 28.4. The second-order valence-corrected chi connectivity index (χ2v) is 5.02. The minimum Gasteiger partial charge on any atom is -0.338 e. The van der Waals surface area contributed by atoms with Crippen LogP contribution in [0.2, 0.25) is 0 Å². The largest absolute Gasteiger partial charge is 0.338 e. The van der Waals surface area contributed by atoms with Crippen LogP contribution in [-0.2, 0) is 0 Å². The van der Waals surface area contributed by atoms with Crippen molar-refractivity contribution in [2.24, 2.45) is 0 Å². The third-order valence-corrected chi connectivity index (χ3v) is 3.72. The average molecular weight is 272 g/mol. The van der Waals surface area contributed by atoms with Gasteiger partial charge in [-0.15, -0.1) is 0 Å². The maximum Gasteiger partial charge on any atom is 0.260 e. The maximum absolute atomic E-state index is 12.4. The van der Waals surface area contributed by atoms with Crippen molar-refractivity contribution in [2.45, 2.75) is 18.8 Å². The standard InChI is InChI=1S/C14H16N4O2/c19-13-11(4-1-6-15-13)14(20)18-8-2-3-10(9-18)12-5-7-16-17-12/h1,4-7,10H,2-3,8-9H2,(H,15,19)(H,16,17). The predicted molar refractivity (Wildman–Crippen MR) is 73.5 cm³/mol.